The van der Waals surface area contributed by atoms with Crippen LogP contribution in [0.1, 0.15) is 22.3 Å². The summed E-state index contributed by atoms with van der Waals surface area (Å²) in [5, 5.41) is 3.28. The third-order valence-corrected chi connectivity index (χ3v) is 4.24. The number of aryl methyl sites for hydroxylation is 2. The lowest BCUT2D eigenvalue weighted by Gasteiger charge is -2.24. The van der Waals surface area contributed by atoms with Crippen molar-refractivity contribution in [2.75, 3.05) is 10.6 Å². The normalized spacial score (nSPS) is 13.1. The molecule has 2 rings (SSSR count). The van der Waals surface area contributed by atoms with Gasteiger partial charge in [0.1, 0.15) is 0 Å². The monoisotopic (exact) mass is 476 g/mol. The van der Waals surface area contributed by atoms with Gasteiger partial charge in [0.2, 0.25) is 0 Å². The van der Waals surface area contributed by atoms with Gasteiger partial charge < -0.3 is 10.6 Å². The smallest absolute Gasteiger partial charge is 0.307 e. The molecule has 13 heteroatoms. The number of anilines is 2. The van der Waals surface area contributed by atoms with Gasteiger partial charge in [-0.2, -0.15) is 43.9 Å². The molecular weight excluding hydrogens is 462 g/mol. The van der Waals surface area contributed by atoms with Crippen molar-refractivity contribution in [2.24, 2.45) is 0 Å². The molecule has 32 heavy (non-hydrogen) atoms. The van der Waals surface area contributed by atoms with E-state index in [9.17, 15) is 48.7 Å². The van der Waals surface area contributed by atoms with E-state index in [1.165, 1.54) is 13.8 Å². The van der Waals surface area contributed by atoms with Crippen molar-refractivity contribution in [1.29, 1.82) is 0 Å². The van der Waals surface area contributed by atoms with Crippen LogP contribution in [0.4, 0.5) is 60.1 Å². The Labute approximate surface area is 174 Å². The van der Waals surface area contributed by atoms with Gasteiger partial charge in [-0.05, 0) is 38.1 Å². The summed E-state index contributed by atoms with van der Waals surface area (Å²) in [6, 6.07) is 2.89. The summed E-state index contributed by atoms with van der Waals surface area (Å²) < 4.78 is 132. The van der Waals surface area contributed by atoms with Crippen LogP contribution in [0.2, 0.25) is 0 Å². The van der Waals surface area contributed by atoms with Gasteiger partial charge in [0.15, 0.2) is 0 Å². The number of benzene rings is 2. The molecule has 2 aromatic carbocycles. The number of hydrogen-bond acceptors (Lipinski definition) is 1. The second-order valence-electron chi connectivity index (χ2n) is 6.82. The number of carbonyl (C=O) groups is 1. The van der Waals surface area contributed by atoms with E-state index >= 15 is 0 Å². The molecule has 2 aromatic rings. The Morgan fingerprint density at radius 3 is 1.22 bits per heavy atom. The first-order valence-electron chi connectivity index (χ1n) is 8.57. The fraction of sp³-hybridized carbons (Fsp3) is 0.316. The number of hydrogen-bond donors (Lipinski definition) is 2. The summed E-state index contributed by atoms with van der Waals surface area (Å²) >= 11 is 0. The molecule has 0 spiro atoms. The lowest BCUT2D eigenvalue weighted by atomic mass is 10.0. The van der Waals surface area contributed by atoms with Crippen LogP contribution in [0.3, 0.4) is 0 Å². The third-order valence-electron chi connectivity index (χ3n) is 4.24. The molecule has 0 heterocycles. The average Bonchev–Trinajstić information content (AvgIpc) is 2.62. The van der Waals surface area contributed by atoms with Crippen LogP contribution >= 0.6 is 0 Å². The molecule has 0 radical (unpaired) electrons. The minimum Gasteiger partial charge on any atom is -0.307 e. The average molecular weight is 476 g/mol. The molecule has 0 saturated carbocycles. The van der Waals surface area contributed by atoms with E-state index in [2.05, 4.69) is 0 Å². The van der Waals surface area contributed by atoms with Gasteiger partial charge in [-0.1, -0.05) is 23.3 Å². The van der Waals surface area contributed by atoms with Crippen molar-refractivity contribution in [3.05, 3.63) is 58.7 Å². The highest BCUT2D eigenvalue weighted by Gasteiger charge is 2.60. The first-order chi connectivity index (χ1) is 14.4. The number of rotatable bonds is 4. The molecule has 0 unspecified atom stereocenters. The Balaban J connectivity index is 2.43. The van der Waals surface area contributed by atoms with Crippen molar-refractivity contribution >= 4 is 17.4 Å². The van der Waals surface area contributed by atoms with Gasteiger partial charge >= 0.3 is 30.2 Å². The third kappa shape index (κ3) is 4.91. The largest absolute Gasteiger partial charge is 0.458 e. The maximum Gasteiger partial charge on any atom is 0.458 e. The van der Waals surface area contributed by atoms with Gasteiger partial charge in [-0.3, -0.25) is 0 Å². The number of halogens is 10. The molecule has 0 atom stereocenters. The zero-order valence-corrected chi connectivity index (χ0v) is 16.2. The predicted octanol–water partition coefficient (Wildman–Crippen LogP) is 7.26. The number of amides is 2. The van der Waals surface area contributed by atoms with Crippen LogP contribution in [-0.4, -0.2) is 18.4 Å². The van der Waals surface area contributed by atoms with E-state index in [1.54, 1.807) is 10.6 Å². The van der Waals surface area contributed by atoms with Gasteiger partial charge in [-0.15, -0.1) is 0 Å². The zero-order chi connectivity index (χ0) is 24.7. The van der Waals surface area contributed by atoms with Crippen LogP contribution in [0.5, 0.6) is 0 Å². The molecule has 0 fully saturated rings. The highest BCUT2D eigenvalue weighted by atomic mass is 19.4. The van der Waals surface area contributed by atoms with E-state index in [0.29, 0.717) is 24.3 Å². The quantitative estimate of drug-likeness (QED) is 0.449. The molecule has 176 valence electrons. The minimum atomic E-state index is -6.02. The fourth-order valence-electron chi connectivity index (χ4n) is 2.64. The second kappa shape index (κ2) is 8.17. The summed E-state index contributed by atoms with van der Waals surface area (Å²) in [4.78, 5) is 12.1. The fourth-order valence-corrected chi connectivity index (χ4v) is 2.64. The van der Waals surface area contributed by atoms with Gasteiger partial charge in [-0.25, -0.2) is 4.79 Å². The molecule has 0 saturated heterocycles. The van der Waals surface area contributed by atoms with Crippen LogP contribution in [0, 0.1) is 13.8 Å². The second-order valence-corrected chi connectivity index (χ2v) is 6.82. The Morgan fingerprint density at radius 1 is 0.625 bits per heavy atom. The molecule has 0 bridgehead atoms. The van der Waals surface area contributed by atoms with Crippen LogP contribution in [0.25, 0.3) is 0 Å². The number of urea groups is 1. The Hall–Kier alpha value is -2.99. The lowest BCUT2D eigenvalue weighted by molar-refractivity contribution is -0.289. The van der Waals surface area contributed by atoms with Crippen molar-refractivity contribution < 1.29 is 48.7 Å². The Morgan fingerprint density at radius 2 is 0.938 bits per heavy atom. The first kappa shape index (κ1) is 25.3. The van der Waals surface area contributed by atoms with Crippen molar-refractivity contribution in [1.82, 2.24) is 0 Å². The number of alkyl halides is 10. The summed E-state index contributed by atoms with van der Waals surface area (Å²) in [6.07, 6.45) is -12.0. The number of carbonyl (C=O) groups excluding carboxylic acids is 1. The predicted molar refractivity (Wildman–Crippen MR) is 94.9 cm³/mol. The topological polar surface area (TPSA) is 41.1 Å². The lowest BCUT2D eigenvalue weighted by Crippen LogP contribution is -2.36. The molecule has 2 amide bonds. The van der Waals surface area contributed by atoms with E-state index in [0.717, 1.165) is 12.1 Å². The summed E-state index contributed by atoms with van der Waals surface area (Å²) in [7, 11) is 0. The van der Waals surface area contributed by atoms with Crippen molar-refractivity contribution in [3.8, 4) is 0 Å². The maximum atomic E-state index is 13.9. The van der Waals surface area contributed by atoms with E-state index in [4.69, 9.17) is 0 Å². The van der Waals surface area contributed by atoms with E-state index in [1.807, 2.05) is 0 Å². The van der Waals surface area contributed by atoms with E-state index in [-0.39, 0.29) is 11.1 Å². The molecule has 0 aliphatic carbocycles. The zero-order valence-electron chi connectivity index (χ0n) is 16.2. The highest BCUT2D eigenvalue weighted by molar-refractivity contribution is 6.01. The van der Waals surface area contributed by atoms with Crippen molar-refractivity contribution in [2.45, 2.75) is 38.0 Å². The Kier molecular flexibility index (Phi) is 6.45. The first-order valence-corrected chi connectivity index (χ1v) is 8.57. The molecular formula is C19H14F10N2O. The molecule has 0 aliphatic heterocycles. The molecule has 0 aromatic heterocycles. The van der Waals surface area contributed by atoms with Crippen LogP contribution < -0.4 is 10.6 Å². The maximum absolute atomic E-state index is 13.9. The molecule has 2 N–H and O–H groups in total. The minimum absolute atomic E-state index is 0.0134. The molecule has 3 nitrogen and oxygen atoms in total. The summed E-state index contributed by atoms with van der Waals surface area (Å²) in [6.45, 7) is 2.41. The molecule has 0 aliphatic rings. The number of nitrogens with one attached hydrogen (secondary N) is 2. The van der Waals surface area contributed by atoms with Gasteiger partial charge in [0.05, 0.1) is 22.5 Å². The SMILES string of the molecule is Cc1ccc(NC(=O)Nc2ccc(C)cc2C(F)(F)C(F)(F)F)c(C(F)(F)C(F)(F)F)c1. The van der Waals surface area contributed by atoms with Crippen molar-refractivity contribution in [3.63, 3.8) is 0 Å². The van der Waals surface area contributed by atoms with Gasteiger partial charge in [0.25, 0.3) is 0 Å². The Bertz CT molecular complexity index is 933. The summed E-state index contributed by atoms with van der Waals surface area (Å²) in [5.41, 5.74) is -5.34. The van der Waals surface area contributed by atoms with Gasteiger partial charge in [0, 0.05) is 0 Å². The summed E-state index contributed by atoms with van der Waals surface area (Å²) in [5.74, 6) is -10.8. The highest BCUT2D eigenvalue weighted by Crippen LogP contribution is 2.48. The van der Waals surface area contributed by atoms with Crippen LogP contribution in [0.15, 0.2) is 36.4 Å². The van der Waals surface area contributed by atoms with E-state index < -0.39 is 52.7 Å². The van der Waals surface area contributed by atoms with Crippen LogP contribution in [-0.2, 0) is 11.8 Å². The standard InChI is InChI=1S/C19H14F10N2O/c1-9-3-5-13(11(7-9)16(20,21)18(24,25)26)30-15(32)31-14-6-4-10(2)8-12(14)17(22,23)19(27,28)29/h3-8H,1-2H3,(H2,30,31,32).